The SMILES string of the molecule is CC(=O)OC1Cc2ccccc2N(C)c2ccccc21. The summed E-state index contributed by atoms with van der Waals surface area (Å²) in [4.78, 5) is 13.6. The molecule has 0 bridgehead atoms. The molecule has 102 valence electrons. The number of rotatable bonds is 1. The number of hydrogen-bond donors (Lipinski definition) is 0. The number of benzene rings is 2. The Kier molecular flexibility index (Phi) is 3.18. The summed E-state index contributed by atoms with van der Waals surface area (Å²) in [5.74, 6) is -0.244. The molecular weight excluding hydrogens is 250 g/mol. The molecule has 1 unspecified atom stereocenters. The maximum Gasteiger partial charge on any atom is 0.303 e. The number of anilines is 2. The van der Waals surface area contributed by atoms with Crippen molar-refractivity contribution in [2.75, 3.05) is 11.9 Å². The van der Waals surface area contributed by atoms with Crippen molar-refractivity contribution in [2.24, 2.45) is 0 Å². The monoisotopic (exact) mass is 267 g/mol. The van der Waals surface area contributed by atoms with Gasteiger partial charge in [0.15, 0.2) is 0 Å². The number of hydrogen-bond acceptors (Lipinski definition) is 3. The highest BCUT2D eigenvalue weighted by Crippen LogP contribution is 2.40. The maximum absolute atomic E-state index is 11.4. The number of nitrogens with zero attached hydrogens (tertiary/aromatic N) is 1. The van der Waals surface area contributed by atoms with Crippen molar-refractivity contribution >= 4 is 17.3 Å². The van der Waals surface area contributed by atoms with Crippen LogP contribution in [0.2, 0.25) is 0 Å². The molecule has 1 atom stereocenters. The lowest BCUT2D eigenvalue weighted by atomic mass is 10.0. The van der Waals surface area contributed by atoms with Gasteiger partial charge in [-0.3, -0.25) is 4.79 Å². The topological polar surface area (TPSA) is 29.5 Å². The van der Waals surface area contributed by atoms with E-state index in [4.69, 9.17) is 4.74 Å². The van der Waals surface area contributed by atoms with Gasteiger partial charge in [0.2, 0.25) is 0 Å². The molecule has 0 saturated heterocycles. The van der Waals surface area contributed by atoms with Gasteiger partial charge in [0, 0.05) is 37.3 Å². The Balaban J connectivity index is 2.15. The minimum Gasteiger partial charge on any atom is -0.457 e. The van der Waals surface area contributed by atoms with Crippen molar-refractivity contribution in [2.45, 2.75) is 19.4 Å². The second-order valence-electron chi connectivity index (χ2n) is 5.05. The van der Waals surface area contributed by atoms with E-state index in [-0.39, 0.29) is 12.1 Å². The second kappa shape index (κ2) is 5.00. The summed E-state index contributed by atoms with van der Waals surface area (Å²) >= 11 is 0. The lowest BCUT2D eigenvalue weighted by molar-refractivity contribution is -0.146. The molecule has 2 aromatic carbocycles. The van der Waals surface area contributed by atoms with Crippen LogP contribution in [0.3, 0.4) is 0 Å². The van der Waals surface area contributed by atoms with E-state index in [1.54, 1.807) is 0 Å². The summed E-state index contributed by atoms with van der Waals surface area (Å²) in [5.41, 5.74) is 4.50. The number of para-hydroxylation sites is 2. The minimum atomic E-state index is -0.244. The van der Waals surface area contributed by atoms with E-state index >= 15 is 0 Å². The van der Waals surface area contributed by atoms with Crippen molar-refractivity contribution in [3.8, 4) is 0 Å². The van der Waals surface area contributed by atoms with Crippen LogP contribution in [0, 0.1) is 0 Å². The van der Waals surface area contributed by atoms with Gasteiger partial charge < -0.3 is 9.64 Å². The van der Waals surface area contributed by atoms with E-state index in [0.717, 1.165) is 16.9 Å². The number of carbonyl (C=O) groups excluding carboxylic acids is 1. The zero-order chi connectivity index (χ0) is 14.1. The fraction of sp³-hybridized carbons (Fsp3) is 0.235. The number of esters is 1. The van der Waals surface area contributed by atoms with Crippen LogP contribution in [-0.2, 0) is 16.0 Å². The predicted octanol–water partition coefficient (Wildman–Crippen LogP) is 3.61. The molecule has 0 spiro atoms. The molecule has 2 aromatic rings. The van der Waals surface area contributed by atoms with Gasteiger partial charge in [-0.1, -0.05) is 36.4 Å². The smallest absolute Gasteiger partial charge is 0.303 e. The molecule has 0 fully saturated rings. The van der Waals surface area contributed by atoms with Crippen molar-refractivity contribution in [3.63, 3.8) is 0 Å². The van der Waals surface area contributed by atoms with E-state index in [9.17, 15) is 4.79 Å². The summed E-state index contributed by atoms with van der Waals surface area (Å²) < 4.78 is 5.54. The van der Waals surface area contributed by atoms with Crippen molar-refractivity contribution in [1.29, 1.82) is 0 Å². The molecule has 0 N–H and O–H groups in total. The fourth-order valence-corrected chi connectivity index (χ4v) is 2.82. The third-order valence-electron chi connectivity index (χ3n) is 3.71. The average molecular weight is 267 g/mol. The van der Waals surface area contributed by atoms with Gasteiger partial charge in [-0.2, -0.15) is 0 Å². The highest BCUT2D eigenvalue weighted by Gasteiger charge is 2.26. The minimum absolute atomic E-state index is 0.227. The normalized spacial score (nSPS) is 16.9. The van der Waals surface area contributed by atoms with E-state index in [1.165, 1.54) is 12.5 Å². The zero-order valence-electron chi connectivity index (χ0n) is 11.7. The average Bonchev–Trinajstić information content (AvgIpc) is 2.56. The van der Waals surface area contributed by atoms with Gasteiger partial charge in [-0.15, -0.1) is 0 Å². The largest absolute Gasteiger partial charge is 0.457 e. The molecule has 0 aromatic heterocycles. The first kappa shape index (κ1) is 12.7. The molecule has 0 amide bonds. The lowest BCUT2D eigenvalue weighted by Gasteiger charge is -2.22. The van der Waals surface area contributed by atoms with Gasteiger partial charge in [0.25, 0.3) is 0 Å². The standard InChI is InChI=1S/C17H17NO2/c1-12(19)20-17-11-13-7-3-5-9-15(13)18(2)16-10-6-4-8-14(16)17/h3-10,17H,11H2,1-2H3. The number of carbonyl (C=O) groups is 1. The van der Waals surface area contributed by atoms with Crippen LogP contribution < -0.4 is 4.90 Å². The van der Waals surface area contributed by atoms with Crippen LogP contribution >= 0.6 is 0 Å². The summed E-state index contributed by atoms with van der Waals surface area (Å²) in [6, 6.07) is 16.3. The number of ether oxygens (including phenoxy) is 1. The Labute approximate surface area is 118 Å². The first-order valence-corrected chi connectivity index (χ1v) is 6.74. The highest BCUT2D eigenvalue weighted by atomic mass is 16.5. The van der Waals surface area contributed by atoms with E-state index in [2.05, 4.69) is 23.1 Å². The Hall–Kier alpha value is -2.29. The fourth-order valence-electron chi connectivity index (χ4n) is 2.82. The van der Waals surface area contributed by atoms with Gasteiger partial charge in [-0.25, -0.2) is 0 Å². The number of fused-ring (bicyclic) bond motifs is 2. The van der Waals surface area contributed by atoms with Gasteiger partial charge >= 0.3 is 5.97 Å². The van der Waals surface area contributed by atoms with Gasteiger partial charge in [0.05, 0.1) is 0 Å². The molecule has 1 heterocycles. The van der Waals surface area contributed by atoms with Crippen LogP contribution in [0.1, 0.15) is 24.2 Å². The molecule has 3 rings (SSSR count). The van der Waals surface area contributed by atoms with Crippen molar-refractivity contribution < 1.29 is 9.53 Å². The lowest BCUT2D eigenvalue weighted by Crippen LogP contribution is -2.12. The first-order chi connectivity index (χ1) is 9.66. The molecule has 3 nitrogen and oxygen atoms in total. The predicted molar refractivity (Wildman–Crippen MR) is 79.2 cm³/mol. The summed E-state index contributed by atoms with van der Waals surface area (Å²) in [6.07, 6.45) is 0.478. The Morgan fingerprint density at radius 3 is 2.50 bits per heavy atom. The van der Waals surface area contributed by atoms with Crippen molar-refractivity contribution in [1.82, 2.24) is 0 Å². The van der Waals surface area contributed by atoms with Crippen LogP contribution in [-0.4, -0.2) is 13.0 Å². The second-order valence-corrected chi connectivity index (χ2v) is 5.05. The molecule has 0 aliphatic carbocycles. The molecule has 3 heteroatoms. The molecule has 1 aliphatic rings. The first-order valence-electron chi connectivity index (χ1n) is 6.74. The molecular formula is C17H17NO2. The molecule has 20 heavy (non-hydrogen) atoms. The van der Waals surface area contributed by atoms with E-state index in [1.807, 2.05) is 37.4 Å². The maximum atomic E-state index is 11.4. The molecule has 0 saturated carbocycles. The summed E-state index contributed by atoms with van der Waals surface area (Å²) in [7, 11) is 2.05. The van der Waals surface area contributed by atoms with Gasteiger partial charge in [0.1, 0.15) is 6.10 Å². The third-order valence-corrected chi connectivity index (χ3v) is 3.71. The third kappa shape index (κ3) is 2.16. The summed E-state index contributed by atoms with van der Waals surface area (Å²) in [6.45, 7) is 1.46. The Morgan fingerprint density at radius 1 is 1.10 bits per heavy atom. The molecule has 1 aliphatic heterocycles. The zero-order valence-corrected chi connectivity index (χ0v) is 11.7. The van der Waals surface area contributed by atoms with Crippen LogP contribution in [0.25, 0.3) is 0 Å². The van der Waals surface area contributed by atoms with E-state index in [0.29, 0.717) is 6.42 Å². The van der Waals surface area contributed by atoms with Crippen LogP contribution in [0.15, 0.2) is 48.5 Å². The van der Waals surface area contributed by atoms with E-state index < -0.39 is 0 Å². The quantitative estimate of drug-likeness (QED) is 0.739. The Bertz CT molecular complexity index is 651. The highest BCUT2D eigenvalue weighted by molar-refractivity contribution is 5.72. The van der Waals surface area contributed by atoms with Gasteiger partial charge in [-0.05, 0) is 17.7 Å². The van der Waals surface area contributed by atoms with Crippen LogP contribution in [0.5, 0.6) is 0 Å². The Morgan fingerprint density at radius 2 is 1.75 bits per heavy atom. The van der Waals surface area contributed by atoms with Crippen LogP contribution in [0.4, 0.5) is 11.4 Å². The molecule has 0 radical (unpaired) electrons. The van der Waals surface area contributed by atoms with Crippen molar-refractivity contribution in [3.05, 3.63) is 59.7 Å². The summed E-state index contributed by atoms with van der Waals surface area (Å²) in [5, 5.41) is 0.